The quantitative estimate of drug-likeness (QED) is 0.564. The highest BCUT2D eigenvalue weighted by Crippen LogP contribution is 2.23. The van der Waals surface area contributed by atoms with Gasteiger partial charge in [-0.05, 0) is 36.8 Å². The van der Waals surface area contributed by atoms with Crippen LogP contribution in [0.1, 0.15) is 13.3 Å². The predicted molar refractivity (Wildman–Crippen MR) is 89.8 cm³/mol. The Kier molecular flexibility index (Phi) is 2.94. The van der Waals surface area contributed by atoms with E-state index >= 15 is 0 Å². The second-order valence-corrected chi connectivity index (χ2v) is 5.79. The van der Waals surface area contributed by atoms with Crippen LogP contribution in [0.25, 0.3) is 27.7 Å². The summed E-state index contributed by atoms with van der Waals surface area (Å²) in [7, 11) is 0. The third-order valence-corrected chi connectivity index (χ3v) is 4.14. The summed E-state index contributed by atoms with van der Waals surface area (Å²) in [6, 6.07) is 13.3. The maximum Gasteiger partial charge on any atom is 0.262 e. The van der Waals surface area contributed by atoms with Crippen LogP contribution < -0.4 is 5.56 Å². The lowest BCUT2D eigenvalue weighted by atomic mass is 10.2. The lowest BCUT2D eigenvalue weighted by molar-refractivity contribution is 0.665. The molecule has 2 aromatic carbocycles. The molecule has 0 saturated heterocycles. The molecule has 4 aromatic rings. The standard InChI is InChI=1S/C17H14ClN3O/c1-2-9-20-16(22)12-10-11(18)7-8-14(12)21-15-6-4-3-5-13(15)19-17(20)21/h3-8,10H,2,9H2,1H3. The van der Waals surface area contributed by atoms with Gasteiger partial charge in [0.1, 0.15) is 0 Å². The summed E-state index contributed by atoms with van der Waals surface area (Å²) in [5.41, 5.74) is 2.68. The first-order valence-corrected chi connectivity index (χ1v) is 7.68. The third kappa shape index (κ3) is 1.77. The van der Waals surface area contributed by atoms with Crippen molar-refractivity contribution in [3.8, 4) is 0 Å². The Morgan fingerprint density at radius 2 is 1.95 bits per heavy atom. The van der Waals surface area contributed by atoms with Crippen molar-refractivity contribution in [1.82, 2.24) is 14.0 Å². The van der Waals surface area contributed by atoms with Crippen molar-refractivity contribution in [3.05, 3.63) is 57.8 Å². The molecular formula is C17H14ClN3O. The van der Waals surface area contributed by atoms with Crippen molar-refractivity contribution in [2.75, 3.05) is 0 Å². The number of nitrogens with zero attached hydrogens (tertiary/aromatic N) is 3. The summed E-state index contributed by atoms with van der Waals surface area (Å²) in [6.45, 7) is 2.68. The molecule has 22 heavy (non-hydrogen) atoms. The van der Waals surface area contributed by atoms with Gasteiger partial charge in [0, 0.05) is 11.6 Å². The van der Waals surface area contributed by atoms with E-state index in [2.05, 4.69) is 4.98 Å². The second kappa shape index (κ2) is 4.85. The summed E-state index contributed by atoms with van der Waals surface area (Å²) in [5, 5.41) is 1.19. The molecule has 4 rings (SSSR count). The molecule has 0 radical (unpaired) electrons. The minimum absolute atomic E-state index is 0.0397. The largest absolute Gasteiger partial charge is 0.278 e. The SMILES string of the molecule is CCCn1c(=O)c2cc(Cl)ccc2n2c3ccccc3nc12. The average molecular weight is 312 g/mol. The second-order valence-electron chi connectivity index (χ2n) is 5.35. The maximum atomic E-state index is 12.8. The number of aryl methyl sites for hydroxylation is 1. The van der Waals surface area contributed by atoms with Gasteiger partial charge in [-0.25, -0.2) is 4.98 Å². The first kappa shape index (κ1) is 13.3. The van der Waals surface area contributed by atoms with E-state index in [1.165, 1.54) is 0 Å². The van der Waals surface area contributed by atoms with E-state index < -0.39 is 0 Å². The number of hydrogen-bond donors (Lipinski definition) is 0. The molecule has 0 unspecified atom stereocenters. The van der Waals surface area contributed by atoms with Crippen LogP contribution in [0.15, 0.2) is 47.3 Å². The highest BCUT2D eigenvalue weighted by atomic mass is 35.5. The summed E-state index contributed by atoms with van der Waals surface area (Å²) in [4.78, 5) is 17.5. The van der Waals surface area contributed by atoms with Gasteiger partial charge in [0.05, 0.1) is 21.9 Å². The highest BCUT2D eigenvalue weighted by Gasteiger charge is 2.15. The van der Waals surface area contributed by atoms with Crippen LogP contribution in [-0.2, 0) is 6.54 Å². The first-order valence-electron chi connectivity index (χ1n) is 7.30. The molecule has 2 heterocycles. The molecule has 0 spiro atoms. The molecular weight excluding hydrogens is 298 g/mol. The lowest BCUT2D eigenvalue weighted by Crippen LogP contribution is -2.23. The van der Waals surface area contributed by atoms with E-state index in [0.29, 0.717) is 22.7 Å². The number of para-hydroxylation sites is 2. The zero-order valence-electron chi connectivity index (χ0n) is 12.1. The Morgan fingerprint density at radius 3 is 2.77 bits per heavy atom. The molecule has 0 bridgehead atoms. The third-order valence-electron chi connectivity index (χ3n) is 3.91. The maximum absolute atomic E-state index is 12.8. The van der Waals surface area contributed by atoms with Crippen molar-refractivity contribution < 1.29 is 0 Å². The van der Waals surface area contributed by atoms with Crippen LogP contribution >= 0.6 is 11.6 Å². The van der Waals surface area contributed by atoms with Crippen LogP contribution in [0.3, 0.4) is 0 Å². The van der Waals surface area contributed by atoms with Gasteiger partial charge >= 0.3 is 0 Å². The normalized spacial score (nSPS) is 11.7. The number of hydrogen-bond acceptors (Lipinski definition) is 2. The minimum Gasteiger partial charge on any atom is -0.278 e. The minimum atomic E-state index is -0.0397. The molecule has 110 valence electrons. The zero-order chi connectivity index (χ0) is 15.3. The molecule has 5 heteroatoms. The van der Waals surface area contributed by atoms with Gasteiger partial charge in [-0.2, -0.15) is 0 Å². The molecule has 0 amide bonds. The highest BCUT2D eigenvalue weighted by molar-refractivity contribution is 6.31. The fourth-order valence-corrected chi connectivity index (χ4v) is 3.14. The number of aromatic nitrogens is 3. The molecule has 0 aliphatic rings. The summed E-state index contributed by atoms with van der Waals surface area (Å²) in [5.74, 6) is 0.683. The average Bonchev–Trinajstić information content (AvgIpc) is 2.91. The van der Waals surface area contributed by atoms with Gasteiger partial charge in [0.25, 0.3) is 5.56 Å². The van der Waals surface area contributed by atoms with Gasteiger partial charge in [-0.1, -0.05) is 30.7 Å². The van der Waals surface area contributed by atoms with E-state index in [-0.39, 0.29) is 5.56 Å². The predicted octanol–water partition coefficient (Wildman–Crippen LogP) is 3.87. The van der Waals surface area contributed by atoms with E-state index in [0.717, 1.165) is 23.0 Å². The summed E-state index contributed by atoms with van der Waals surface area (Å²) >= 11 is 6.09. The van der Waals surface area contributed by atoms with E-state index in [1.54, 1.807) is 10.6 Å². The monoisotopic (exact) mass is 311 g/mol. The zero-order valence-corrected chi connectivity index (χ0v) is 12.8. The van der Waals surface area contributed by atoms with Crippen molar-refractivity contribution in [2.45, 2.75) is 19.9 Å². The molecule has 0 atom stereocenters. The van der Waals surface area contributed by atoms with Crippen molar-refractivity contribution in [3.63, 3.8) is 0 Å². The van der Waals surface area contributed by atoms with Crippen LogP contribution in [0.2, 0.25) is 5.02 Å². The molecule has 2 aromatic heterocycles. The Morgan fingerprint density at radius 1 is 1.14 bits per heavy atom. The van der Waals surface area contributed by atoms with Gasteiger partial charge in [-0.15, -0.1) is 0 Å². The van der Waals surface area contributed by atoms with Gasteiger partial charge in [0.15, 0.2) is 0 Å². The molecule has 4 nitrogen and oxygen atoms in total. The Balaban J connectivity index is 2.34. The van der Waals surface area contributed by atoms with Gasteiger partial charge < -0.3 is 0 Å². The Bertz CT molecular complexity index is 1080. The molecule has 0 N–H and O–H groups in total. The van der Waals surface area contributed by atoms with Crippen molar-refractivity contribution >= 4 is 39.3 Å². The Hall–Kier alpha value is -2.33. The molecule has 0 aliphatic heterocycles. The number of halogens is 1. The van der Waals surface area contributed by atoms with Crippen LogP contribution in [0.4, 0.5) is 0 Å². The topological polar surface area (TPSA) is 39.3 Å². The van der Waals surface area contributed by atoms with Crippen LogP contribution in [0, 0.1) is 0 Å². The number of rotatable bonds is 2. The van der Waals surface area contributed by atoms with E-state index in [9.17, 15) is 4.79 Å². The lowest BCUT2D eigenvalue weighted by Gasteiger charge is -2.10. The molecule has 0 aliphatic carbocycles. The number of imidazole rings is 1. The molecule has 0 saturated carbocycles. The molecule has 0 fully saturated rings. The smallest absolute Gasteiger partial charge is 0.262 e. The fraction of sp³-hybridized carbons (Fsp3) is 0.176. The summed E-state index contributed by atoms with van der Waals surface area (Å²) < 4.78 is 3.77. The van der Waals surface area contributed by atoms with Gasteiger partial charge in [-0.3, -0.25) is 13.8 Å². The Labute approximate surface area is 131 Å². The van der Waals surface area contributed by atoms with Crippen molar-refractivity contribution in [1.29, 1.82) is 0 Å². The number of benzene rings is 2. The van der Waals surface area contributed by atoms with E-state index in [4.69, 9.17) is 11.6 Å². The first-order chi connectivity index (χ1) is 10.7. The van der Waals surface area contributed by atoms with E-state index in [1.807, 2.05) is 47.7 Å². The number of fused-ring (bicyclic) bond motifs is 5. The fourth-order valence-electron chi connectivity index (χ4n) is 2.97. The van der Waals surface area contributed by atoms with Crippen molar-refractivity contribution in [2.24, 2.45) is 0 Å². The van der Waals surface area contributed by atoms with Crippen LogP contribution in [0.5, 0.6) is 0 Å². The summed E-state index contributed by atoms with van der Waals surface area (Å²) in [6.07, 6.45) is 0.866. The van der Waals surface area contributed by atoms with Gasteiger partial charge in [0.2, 0.25) is 5.78 Å². The van der Waals surface area contributed by atoms with Crippen LogP contribution in [-0.4, -0.2) is 14.0 Å².